The van der Waals surface area contributed by atoms with Crippen LogP contribution in [0.2, 0.25) is 0 Å². The standard InChI is InChI=1S/C26H23FN2O4S/c1-34-17-8-6-15(7-9-17)14-2-4-16(5-3-14)24-18(27)10-19-20(29-24)11-23(28-19)33-22-13-32-25-21(30)12-31-26(22)25/h2-11,21-22,25-26,28,30H,12-13H2,1H3/p+1/t21-,22-,25?,26?/m1/s1. The van der Waals surface area contributed by atoms with Crippen molar-refractivity contribution in [3.8, 4) is 28.3 Å². The summed E-state index contributed by atoms with van der Waals surface area (Å²) in [5.74, 6) is 0.135. The first-order valence-electron chi connectivity index (χ1n) is 11.2. The first-order chi connectivity index (χ1) is 16.6. The van der Waals surface area contributed by atoms with E-state index in [0.29, 0.717) is 23.7 Å². The Bertz CT molecular complexity index is 1330. The summed E-state index contributed by atoms with van der Waals surface area (Å²) >= 11 is 1.71. The van der Waals surface area contributed by atoms with E-state index in [0.717, 1.165) is 22.2 Å². The van der Waals surface area contributed by atoms with Gasteiger partial charge in [0, 0.05) is 16.5 Å². The number of aromatic nitrogens is 2. The maximum atomic E-state index is 15.0. The van der Waals surface area contributed by atoms with Gasteiger partial charge in [-0.3, -0.25) is 0 Å². The van der Waals surface area contributed by atoms with Gasteiger partial charge in [0.15, 0.2) is 17.8 Å². The number of halogens is 1. The number of hydrogen-bond acceptors (Lipinski definition) is 5. The number of hydrogen-bond donors (Lipinski definition) is 2. The Labute approximate surface area is 200 Å². The topological polar surface area (TPSA) is 77.8 Å². The van der Waals surface area contributed by atoms with E-state index in [1.807, 2.05) is 24.3 Å². The molecule has 8 heteroatoms. The van der Waals surface area contributed by atoms with Gasteiger partial charge < -0.3 is 24.3 Å². The molecule has 0 radical (unpaired) electrons. The monoisotopic (exact) mass is 479 g/mol. The number of H-pyrrole nitrogens is 2. The maximum absolute atomic E-state index is 15.0. The summed E-state index contributed by atoms with van der Waals surface area (Å²) in [4.78, 5) is 7.51. The van der Waals surface area contributed by atoms with Crippen LogP contribution in [-0.2, 0) is 9.47 Å². The van der Waals surface area contributed by atoms with Crippen LogP contribution in [0.3, 0.4) is 0 Å². The summed E-state index contributed by atoms with van der Waals surface area (Å²) in [6, 6.07) is 19.5. The van der Waals surface area contributed by atoms with Gasteiger partial charge in [0.25, 0.3) is 0 Å². The first-order valence-corrected chi connectivity index (χ1v) is 12.4. The number of rotatable bonds is 5. The lowest BCUT2D eigenvalue weighted by Gasteiger charge is -2.16. The van der Waals surface area contributed by atoms with Gasteiger partial charge >= 0.3 is 0 Å². The molecule has 0 amide bonds. The summed E-state index contributed by atoms with van der Waals surface area (Å²) in [5.41, 5.74) is 4.69. The highest BCUT2D eigenvalue weighted by atomic mass is 32.2. The number of nitrogens with one attached hydrogen (secondary N) is 2. The van der Waals surface area contributed by atoms with Gasteiger partial charge in [-0.25, -0.2) is 4.98 Å². The van der Waals surface area contributed by atoms with Gasteiger partial charge in [-0.15, -0.1) is 11.8 Å². The Morgan fingerprint density at radius 1 is 0.971 bits per heavy atom. The van der Waals surface area contributed by atoms with Crippen molar-refractivity contribution in [3.05, 3.63) is 66.5 Å². The zero-order chi connectivity index (χ0) is 23.2. The number of aliphatic hydroxyl groups is 1. The molecule has 6 rings (SSSR count). The second kappa shape index (κ2) is 8.70. The molecule has 2 unspecified atom stereocenters. The molecule has 6 nitrogen and oxygen atoms in total. The molecule has 0 aliphatic carbocycles. The van der Waals surface area contributed by atoms with Crippen LogP contribution in [-0.4, -0.2) is 54.0 Å². The van der Waals surface area contributed by atoms with Crippen LogP contribution in [0.1, 0.15) is 0 Å². The van der Waals surface area contributed by atoms with Crippen LogP contribution in [0.4, 0.5) is 4.39 Å². The predicted octanol–water partition coefficient (Wildman–Crippen LogP) is 4.08. The van der Waals surface area contributed by atoms with Gasteiger partial charge in [-0.2, -0.15) is 4.39 Å². The van der Waals surface area contributed by atoms with Gasteiger partial charge in [0.1, 0.15) is 23.8 Å². The van der Waals surface area contributed by atoms with E-state index in [9.17, 15) is 9.50 Å². The second-order valence-corrected chi connectivity index (χ2v) is 9.46. The van der Waals surface area contributed by atoms with Gasteiger partial charge in [0.05, 0.1) is 19.3 Å². The third-order valence-electron chi connectivity index (χ3n) is 6.45. The lowest BCUT2D eigenvalue weighted by molar-refractivity contribution is -0.333. The maximum Gasteiger partial charge on any atom is 0.247 e. The quantitative estimate of drug-likeness (QED) is 0.422. The van der Waals surface area contributed by atoms with E-state index >= 15 is 0 Å². The third-order valence-corrected chi connectivity index (χ3v) is 7.19. The van der Waals surface area contributed by atoms with E-state index in [4.69, 9.17) is 14.2 Å². The lowest BCUT2D eigenvalue weighted by Crippen LogP contribution is -2.34. The highest BCUT2D eigenvalue weighted by Gasteiger charge is 2.48. The van der Waals surface area contributed by atoms with Crippen molar-refractivity contribution in [1.82, 2.24) is 4.98 Å². The summed E-state index contributed by atoms with van der Waals surface area (Å²) in [6.07, 6.45) is 0.410. The molecule has 4 atom stereocenters. The normalized spacial score (nSPS) is 24.0. The molecule has 0 saturated carbocycles. The van der Waals surface area contributed by atoms with Crippen molar-refractivity contribution in [1.29, 1.82) is 0 Å². The largest absolute Gasteiger partial charge is 0.470 e. The van der Waals surface area contributed by atoms with Crippen LogP contribution in [0, 0.1) is 5.82 Å². The molecular formula is C26H24FN2O4S+. The van der Waals surface area contributed by atoms with Crippen LogP contribution in [0.25, 0.3) is 33.4 Å². The van der Waals surface area contributed by atoms with Crippen LogP contribution in [0.15, 0.2) is 65.6 Å². The van der Waals surface area contributed by atoms with Crippen LogP contribution >= 0.6 is 11.8 Å². The SMILES string of the molecule is CSc1ccc(-c2ccc(-c3[nH+]c4cc(O[C@@H]5COC6C5OC[C@H]6O)[nH]c4cc3F)cc2)cc1. The van der Waals surface area contributed by atoms with Crippen LogP contribution < -0.4 is 9.72 Å². The average Bonchev–Trinajstić information content (AvgIpc) is 3.55. The van der Waals surface area contributed by atoms with Gasteiger partial charge in [0.2, 0.25) is 11.2 Å². The fourth-order valence-electron chi connectivity index (χ4n) is 4.65. The van der Waals surface area contributed by atoms with Crippen molar-refractivity contribution in [3.63, 3.8) is 0 Å². The summed E-state index contributed by atoms with van der Waals surface area (Å²) in [5, 5.41) is 9.91. The van der Waals surface area contributed by atoms with E-state index in [1.165, 1.54) is 11.0 Å². The zero-order valence-electron chi connectivity index (χ0n) is 18.5. The van der Waals surface area contributed by atoms with E-state index in [2.05, 4.69) is 40.5 Å². The average molecular weight is 480 g/mol. The number of aliphatic hydroxyl groups excluding tert-OH is 1. The number of pyridine rings is 1. The van der Waals surface area contributed by atoms with Crippen molar-refractivity contribution >= 4 is 22.8 Å². The second-order valence-electron chi connectivity index (χ2n) is 8.58. The fourth-order valence-corrected chi connectivity index (χ4v) is 5.06. The Hall–Kier alpha value is -2.91. The summed E-state index contributed by atoms with van der Waals surface area (Å²) < 4.78 is 32.2. The van der Waals surface area contributed by atoms with Gasteiger partial charge in [-0.05, 0) is 41.6 Å². The number of ether oxygens (including phenoxy) is 3. The molecule has 2 saturated heterocycles. The first kappa shape index (κ1) is 21.6. The molecule has 4 aromatic rings. The van der Waals surface area contributed by atoms with E-state index < -0.39 is 6.10 Å². The van der Waals surface area contributed by atoms with Crippen molar-refractivity contribution in [2.75, 3.05) is 19.5 Å². The van der Waals surface area contributed by atoms with Crippen molar-refractivity contribution in [2.45, 2.75) is 29.3 Å². The minimum absolute atomic E-state index is 0.242. The third kappa shape index (κ3) is 3.86. The lowest BCUT2D eigenvalue weighted by atomic mass is 10.0. The summed E-state index contributed by atoms with van der Waals surface area (Å²) in [7, 11) is 0. The highest BCUT2D eigenvalue weighted by molar-refractivity contribution is 7.98. The Balaban J connectivity index is 1.24. The van der Waals surface area contributed by atoms with E-state index in [1.54, 1.807) is 17.8 Å². The molecule has 4 heterocycles. The Morgan fingerprint density at radius 3 is 2.38 bits per heavy atom. The number of aromatic amines is 2. The molecule has 174 valence electrons. The summed E-state index contributed by atoms with van der Waals surface area (Å²) in [6.45, 7) is 0.573. The molecule has 0 bridgehead atoms. The zero-order valence-corrected chi connectivity index (χ0v) is 19.3. The van der Waals surface area contributed by atoms with E-state index in [-0.39, 0.29) is 30.7 Å². The molecule has 2 aromatic heterocycles. The molecule has 2 fully saturated rings. The highest BCUT2D eigenvalue weighted by Crippen LogP contribution is 2.31. The van der Waals surface area contributed by atoms with Crippen molar-refractivity contribution in [2.24, 2.45) is 0 Å². The fraction of sp³-hybridized carbons (Fsp3) is 0.269. The predicted molar refractivity (Wildman–Crippen MR) is 127 cm³/mol. The van der Waals surface area contributed by atoms with Crippen LogP contribution in [0.5, 0.6) is 5.88 Å². The molecule has 2 aliphatic rings. The number of benzene rings is 2. The minimum atomic E-state index is -0.632. The molecule has 2 aromatic carbocycles. The minimum Gasteiger partial charge on any atom is -0.470 e. The molecule has 3 N–H and O–H groups in total. The van der Waals surface area contributed by atoms with Crippen molar-refractivity contribution < 1.29 is 28.7 Å². The molecule has 34 heavy (non-hydrogen) atoms. The van der Waals surface area contributed by atoms with Gasteiger partial charge in [-0.1, -0.05) is 24.3 Å². The molecule has 2 aliphatic heterocycles. The Kier molecular flexibility index (Phi) is 5.53. The number of fused-ring (bicyclic) bond motifs is 2. The number of thioether (sulfide) groups is 1. The smallest absolute Gasteiger partial charge is 0.247 e. The molecule has 0 spiro atoms. The molecular weight excluding hydrogens is 455 g/mol. The Morgan fingerprint density at radius 2 is 1.65 bits per heavy atom.